The normalized spacial score (nSPS) is 27.7. The maximum absolute atomic E-state index is 13.8. The maximum Gasteiger partial charge on any atom is 0.490 e. The van der Waals surface area contributed by atoms with E-state index in [4.69, 9.17) is 53.2 Å². The van der Waals surface area contributed by atoms with E-state index in [0.29, 0.717) is 0 Å². The largest absolute Gasteiger partial charge is 0.490 e. The van der Waals surface area contributed by atoms with Gasteiger partial charge in [0.05, 0.1) is 56.1 Å². The number of nitrogen functional groups attached to an aromatic ring is 2. The number of nitro groups is 1. The zero-order valence-corrected chi connectivity index (χ0v) is 51.8. The second-order valence-corrected chi connectivity index (χ2v) is 27.9. The highest BCUT2D eigenvalue weighted by molar-refractivity contribution is 7.66. The van der Waals surface area contributed by atoms with E-state index in [1.807, 2.05) is 0 Å². The number of nitrogens with one attached hydrogen (secondary N) is 3. The fourth-order valence-electron chi connectivity index (χ4n) is 10.5. The fourth-order valence-corrected chi connectivity index (χ4v) is 15.1. The summed E-state index contributed by atoms with van der Waals surface area (Å²) in [5.41, 5.74) is 9.09. The van der Waals surface area contributed by atoms with Crippen molar-refractivity contribution in [2.45, 2.75) is 101 Å². The van der Waals surface area contributed by atoms with Crippen LogP contribution in [0.5, 0.6) is 0 Å². The lowest BCUT2D eigenvalue weighted by Crippen LogP contribution is -2.47. The number of benzene rings is 1. The number of fused-ring (bicyclic) bond motifs is 3. The van der Waals surface area contributed by atoms with Crippen LogP contribution >= 0.6 is 31.3 Å². The minimum absolute atomic E-state index is 0.0475. The monoisotopic (exact) mass is 1370 g/mol. The third-order valence-electron chi connectivity index (χ3n) is 14.5. The molecule has 17 atom stereocenters. The van der Waals surface area contributed by atoms with Crippen molar-refractivity contribution in [2.24, 2.45) is 18.4 Å². The van der Waals surface area contributed by atoms with Crippen LogP contribution in [-0.2, 0) is 75.7 Å². The number of aryl methyl sites for hydroxylation is 1. The fraction of sp³-hybridized carbons (Fsp3) is 0.533. The molecule has 14 N–H and O–H groups in total. The predicted octanol–water partition coefficient (Wildman–Crippen LogP) is 0.0640. The molecule has 46 heteroatoms. The SMILES string of the molecule is CNc1ncnc2c1ncn2[C@@H]1O[C@H](COP(=O)(O)OP(=O)(O)OP(=O)(O)OC[C@H]2O[C@@H]([n+]3cn(C)c4c(=O)[nH]c(N)nc43)C(OCOC(c3ccccc3[N+](=O)[O-])C(C)(C)C)[C@H]2O)[C@H](OP(=O)(O)OC[C@H]2O[C@@H](n3cnc4c(=O)[nH]c(N)nc43)C(O)[C@H]2O)C1C. The molecule has 42 nitrogen and oxygen atoms in total. The number of rotatable bonds is 25. The quantitative estimate of drug-likeness (QED) is 0.0118. The number of aromatic amines is 2. The number of ether oxygens (including phenoxy) is 5. The van der Waals surface area contributed by atoms with Crippen molar-refractivity contribution < 1.29 is 113 Å². The number of anilines is 3. The Hall–Kier alpha value is -6.53. The van der Waals surface area contributed by atoms with Crippen molar-refractivity contribution in [3.8, 4) is 0 Å². The summed E-state index contributed by atoms with van der Waals surface area (Å²) >= 11 is 0. The number of para-hydroxylation sites is 1. The van der Waals surface area contributed by atoms with E-state index in [2.05, 4.69) is 53.8 Å². The molecule has 3 fully saturated rings. The number of hydrogen-bond acceptors (Lipinski definition) is 31. The Bertz CT molecular complexity index is 4200. The Labute approximate surface area is 509 Å². The van der Waals surface area contributed by atoms with Crippen molar-refractivity contribution in [3.63, 3.8) is 0 Å². The summed E-state index contributed by atoms with van der Waals surface area (Å²) < 4.78 is 118. The first kappa shape index (κ1) is 67.4. The molecule has 6 aromatic heterocycles. The van der Waals surface area contributed by atoms with Crippen LogP contribution in [-0.4, -0.2) is 176 Å². The molecule has 3 aliphatic heterocycles. The van der Waals surface area contributed by atoms with Crippen LogP contribution in [0.15, 0.2) is 59.2 Å². The zero-order valence-electron chi connectivity index (χ0n) is 48.2. The molecule has 0 saturated carbocycles. The van der Waals surface area contributed by atoms with Crippen molar-refractivity contribution in [1.82, 2.24) is 53.6 Å². The number of aromatic nitrogens is 12. The first-order chi connectivity index (χ1) is 42.7. The van der Waals surface area contributed by atoms with E-state index < -0.39 is 159 Å². The van der Waals surface area contributed by atoms with Crippen molar-refractivity contribution >= 4 is 88.2 Å². The van der Waals surface area contributed by atoms with Gasteiger partial charge in [-0.2, -0.15) is 13.6 Å². The summed E-state index contributed by atoms with van der Waals surface area (Å²) in [4.78, 5) is 110. The molecule has 0 bridgehead atoms. The van der Waals surface area contributed by atoms with Gasteiger partial charge < -0.3 is 75.4 Å². The topological polar surface area (TPSA) is 580 Å². The molecule has 8 unspecified atom stereocenters. The Morgan fingerprint density at radius 1 is 0.769 bits per heavy atom. The number of aliphatic hydroxyl groups excluding tert-OH is 3. The number of H-pyrrole nitrogens is 2. The van der Waals surface area contributed by atoms with Gasteiger partial charge in [0.2, 0.25) is 17.7 Å². The molecular formula is C45H61N16O26P4+. The van der Waals surface area contributed by atoms with Gasteiger partial charge in [0.1, 0.15) is 73.7 Å². The summed E-state index contributed by atoms with van der Waals surface area (Å²) in [6, 6.07) is 5.80. The van der Waals surface area contributed by atoms with Crippen molar-refractivity contribution in [2.75, 3.05) is 50.4 Å². The Morgan fingerprint density at radius 2 is 1.36 bits per heavy atom. The average molecular weight is 1370 g/mol. The molecule has 0 spiro atoms. The van der Waals surface area contributed by atoms with E-state index >= 15 is 0 Å². The van der Waals surface area contributed by atoms with Crippen LogP contribution in [0, 0.1) is 21.4 Å². The lowest BCUT2D eigenvalue weighted by atomic mass is 9.84. The molecule has 9 heterocycles. The molecule has 1 aromatic carbocycles. The highest BCUT2D eigenvalue weighted by atomic mass is 31.3. The highest BCUT2D eigenvalue weighted by Gasteiger charge is 2.53. The van der Waals surface area contributed by atoms with Crippen LogP contribution in [0.1, 0.15) is 58.0 Å². The summed E-state index contributed by atoms with van der Waals surface area (Å²) in [7, 11) is -20.6. The Kier molecular flexibility index (Phi) is 19.1. The number of hydrogen-bond donors (Lipinski definition) is 12. The van der Waals surface area contributed by atoms with E-state index in [0.717, 1.165) is 10.9 Å². The minimum atomic E-state index is -6.28. The average Bonchev–Trinajstić information content (AvgIpc) is 1.64. The highest BCUT2D eigenvalue weighted by Crippen LogP contribution is 2.68. The molecule has 0 radical (unpaired) electrons. The van der Waals surface area contributed by atoms with E-state index in [1.165, 1.54) is 64.9 Å². The molecule has 0 amide bonds. The van der Waals surface area contributed by atoms with Gasteiger partial charge in [-0.3, -0.25) is 61.5 Å². The minimum Gasteiger partial charge on any atom is -0.387 e. The van der Waals surface area contributed by atoms with Crippen molar-refractivity contribution in [1.29, 1.82) is 0 Å². The molecule has 7 aromatic rings. The lowest BCUT2D eigenvalue weighted by molar-refractivity contribution is -0.746. The number of nitrogens with two attached hydrogens (primary N) is 2. The number of aliphatic hydroxyl groups is 3. The molecular weight excluding hydrogens is 1300 g/mol. The third kappa shape index (κ3) is 14.2. The van der Waals surface area contributed by atoms with E-state index in [-0.39, 0.29) is 62.5 Å². The van der Waals surface area contributed by atoms with Crippen LogP contribution in [0.4, 0.5) is 23.4 Å². The van der Waals surface area contributed by atoms with Crippen molar-refractivity contribution in [3.05, 3.63) is 86.0 Å². The number of nitrogens with zero attached hydrogens (tertiary/aromatic N) is 11. The first-order valence-corrected chi connectivity index (χ1v) is 32.8. The predicted molar refractivity (Wildman–Crippen MR) is 303 cm³/mol. The molecule has 3 saturated heterocycles. The molecule has 0 aliphatic carbocycles. The smallest absolute Gasteiger partial charge is 0.387 e. The second kappa shape index (κ2) is 25.8. The summed E-state index contributed by atoms with van der Waals surface area (Å²) in [6.45, 7) is 2.59. The lowest BCUT2D eigenvalue weighted by Gasteiger charge is -2.31. The van der Waals surface area contributed by atoms with Gasteiger partial charge in [0, 0.05) is 19.0 Å². The van der Waals surface area contributed by atoms with Gasteiger partial charge in [-0.15, -0.1) is 0 Å². The summed E-state index contributed by atoms with van der Waals surface area (Å²) in [5, 5.41) is 48.4. The maximum atomic E-state index is 13.8. The second-order valence-electron chi connectivity index (χ2n) is 21.8. The van der Waals surface area contributed by atoms with E-state index in [9.17, 15) is 72.9 Å². The van der Waals surface area contributed by atoms with E-state index in [1.54, 1.807) is 33.9 Å². The van der Waals surface area contributed by atoms with Crippen LogP contribution in [0.25, 0.3) is 33.5 Å². The number of phosphoric ester groups is 3. The third-order valence-corrected chi connectivity index (χ3v) is 19.8. The Morgan fingerprint density at radius 3 is 2.02 bits per heavy atom. The van der Waals surface area contributed by atoms with Gasteiger partial charge in [-0.25, -0.2) is 42.8 Å². The number of imidazole rings is 3. The first-order valence-electron chi connectivity index (χ1n) is 26.8. The van der Waals surface area contributed by atoms with Crippen LogP contribution in [0.2, 0.25) is 0 Å². The number of nitro benzene ring substituents is 1. The van der Waals surface area contributed by atoms with Gasteiger partial charge in [-0.1, -0.05) is 44.8 Å². The zero-order chi connectivity index (χ0) is 66.0. The molecule has 10 rings (SSSR count). The van der Waals surface area contributed by atoms with Crippen LogP contribution < -0.4 is 32.5 Å². The van der Waals surface area contributed by atoms with Gasteiger partial charge >= 0.3 is 36.9 Å². The van der Waals surface area contributed by atoms with Crippen LogP contribution in [0.3, 0.4) is 0 Å². The Balaban J connectivity index is 0.813. The van der Waals surface area contributed by atoms with Gasteiger partial charge in [-0.05, 0) is 11.5 Å². The molecule has 496 valence electrons. The summed E-state index contributed by atoms with van der Waals surface area (Å²) in [6.07, 6.45) is -14.3. The van der Waals surface area contributed by atoms with Gasteiger partial charge in [0.25, 0.3) is 22.8 Å². The standard InChI is InChI=1S/C45H60N16O26P4/c1-19-31(85-88(69,70)79-11-22-28(62)30(64)41(82-22)59-16-52-26-36(59)53-43(46)55-38(26)65)24(84-40(19)58-15-51-25-34(48-5)49-14-50-35(25)58)13-81-90(73,74)87-91(75,76)86-89(71,72)80-12-23-29(63)32(42(83-23)60-17-57(6)27-37(60)54-44(47)56-39(27)66)77-18-78-33(45(2,3)4)20-9-7-8-10-21(20)61(67)68/h7-10,14-17,19,22-24,28-33,40-42,62-64H,11-13,18H2,1-6H3,(H10-,46,47,48,49,50,53,54,55,56,65,66,69,70,71,72,73,74,75,76)/p+1/t19?,22-,23-,24-,28+,29+,30?,31-,32?,33?,40-,41-,42-/m1/s1. The summed E-state index contributed by atoms with van der Waals surface area (Å²) in [5.74, 6) is -1.48. The molecule has 3 aliphatic rings. The molecule has 91 heavy (non-hydrogen) atoms. The number of phosphoric acid groups is 4. The van der Waals surface area contributed by atoms with Gasteiger partial charge in [0.15, 0.2) is 35.2 Å².